The minimum absolute atomic E-state index is 0.248. The number of rotatable bonds is 6. The summed E-state index contributed by atoms with van der Waals surface area (Å²) in [4.78, 5) is 0. The van der Waals surface area contributed by atoms with Crippen LogP contribution in [0.3, 0.4) is 0 Å². The van der Waals surface area contributed by atoms with Gasteiger partial charge in [0.15, 0.2) is 0 Å². The van der Waals surface area contributed by atoms with Crippen molar-refractivity contribution in [2.24, 2.45) is 11.7 Å². The van der Waals surface area contributed by atoms with Crippen LogP contribution in [0.4, 0.5) is 0 Å². The molecule has 2 N–H and O–H groups in total. The molecule has 1 fully saturated rings. The third-order valence-electron chi connectivity index (χ3n) is 3.59. The van der Waals surface area contributed by atoms with E-state index in [0.717, 1.165) is 18.9 Å². The summed E-state index contributed by atoms with van der Waals surface area (Å²) in [7, 11) is 0. The summed E-state index contributed by atoms with van der Waals surface area (Å²) in [5.41, 5.74) is 6.22. The van der Waals surface area contributed by atoms with E-state index in [2.05, 4.69) is 13.8 Å². The van der Waals surface area contributed by atoms with Gasteiger partial charge >= 0.3 is 0 Å². The van der Waals surface area contributed by atoms with Crippen molar-refractivity contribution in [2.75, 3.05) is 6.61 Å². The van der Waals surface area contributed by atoms with Crippen molar-refractivity contribution in [3.63, 3.8) is 0 Å². The Hall–Kier alpha value is -0.0800. The van der Waals surface area contributed by atoms with Crippen LogP contribution < -0.4 is 5.73 Å². The summed E-state index contributed by atoms with van der Waals surface area (Å²) in [5, 5.41) is 0. The average molecular weight is 213 g/mol. The van der Waals surface area contributed by atoms with E-state index in [1.54, 1.807) is 0 Å². The van der Waals surface area contributed by atoms with Gasteiger partial charge in [0.1, 0.15) is 0 Å². The first-order valence-electron chi connectivity index (χ1n) is 6.65. The molecule has 0 aromatic rings. The molecular weight excluding hydrogens is 186 g/mol. The van der Waals surface area contributed by atoms with Crippen molar-refractivity contribution in [1.82, 2.24) is 0 Å². The molecule has 2 nitrogen and oxygen atoms in total. The van der Waals surface area contributed by atoms with Crippen molar-refractivity contribution < 1.29 is 4.74 Å². The summed E-state index contributed by atoms with van der Waals surface area (Å²) in [6.07, 6.45) is 9.49. The molecule has 1 saturated carbocycles. The van der Waals surface area contributed by atoms with Gasteiger partial charge in [0.05, 0.1) is 6.10 Å². The van der Waals surface area contributed by atoms with Crippen molar-refractivity contribution >= 4 is 0 Å². The highest BCUT2D eigenvalue weighted by Crippen LogP contribution is 2.28. The lowest BCUT2D eigenvalue weighted by Crippen LogP contribution is -2.38. The molecule has 2 atom stereocenters. The summed E-state index contributed by atoms with van der Waals surface area (Å²) in [6.45, 7) is 5.01. The Labute approximate surface area is 94.6 Å². The Morgan fingerprint density at radius 2 is 1.87 bits per heavy atom. The van der Waals surface area contributed by atoms with Gasteiger partial charge in [-0.05, 0) is 25.7 Å². The molecular formula is C13H27NO. The molecule has 0 aliphatic heterocycles. The molecule has 2 heteroatoms. The molecule has 90 valence electrons. The first-order valence-corrected chi connectivity index (χ1v) is 6.65. The molecule has 1 rings (SSSR count). The third kappa shape index (κ3) is 4.52. The minimum atomic E-state index is 0.248. The van der Waals surface area contributed by atoms with Crippen molar-refractivity contribution in [3.05, 3.63) is 0 Å². The monoisotopic (exact) mass is 213 g/mol. The molecule has 15 heavy (non-hydrogen) atoms. The second kappa shape index (κ2) is 7.24. The number of hydrogen-bond donors (Lipinski definition) is 1. The van der Waals surface area contributed by atoms with Gasteiger partial charge in [-0.3, -0.25) is 0 Å². The van der Waals surface area contributed by atoms with Gasteiger partial charge in [-0.1, -0.05) is 39.0 Å². The van der Waals surface area contributed by atoms with E-state index < -0.39 is 0 Å². The standard InChI is InChI=1S/C13H27NO/c1-3-13(15-4-2)12(14)10-11-8-6-5-7-9-11/h11-13H,3-10,14H2,1-2H3. The molecule has 1 aliphatic rings. The van der Waals surface area contributed by atoms with Crippen LogP contribution >= 0.6 is 0 Å². The molecule has 1 aliphatic carbocycles. The van der Waals surface area contributed by atoms with Crippen molar-refractivity contribution in [2.45, 2.75) is 70.9 Å². The maximum absolute atomic E-state index is 6.22. The average Bonchev–Trinajstić information content (AvgIpc) is 2.27. The van der Waals surface area contributed by atoms with Gasteiger partial charge in [-0.2, -0.15) is 0 Å². The van der Waals surface area contributed by atoms with Crippen molar-refractivity contribution in [3.8, 4) is 0 Å². The Balaban J connectivity index is 2.27. The molecule has 0 saturated heterocycles. The van der Waals surface area contributed by atoms with Gasteiger partial charge < -0.3 is 10.5 Å². The van der Waals surface area contributed by atoms with Crippen LogP contribution in [-0.4, -0.2) is 18.8 Å². The summed E-state index contributed by atoms with van der Waals surface area (Å²) >= 11 is 0. The van der Waals surface area contributed by atoms with Gasteiger partial charge in [0.2, 0.25) is 0 Å². The van der Waals surface area contributed by atoms with E-state index >= 15 is 0 Å². The van der Waals surface area contributed by atoms with Crippen LogP contribution in [0.25, 0.3) is 0 Å². The maximum Gasteiger partial charge on any atom is 0.0723 e. The summed E-state index contributed by atoms with van der Waals surface area (Å²) in [5.74, 6) is 0.864. The van der Waals surface area contributed by atoms with E-state index in [9.17, 15) is 0 Å². The van der Waals surface area contributed by atoms with Crippen LogP contribution in [-0.2, 0) is 4.74 Å². The second-order valence-electron chi connectivity index (χ2n) is 4.81. The van der Waals surface area contributed by atoms with E-state index in [0.29, 0.717) is 0 Å². The smallest absolute Gasteiger partial charge is 0.0723 e. The first kappa shape index (κ1) is 13.0. The topological polar surface area (TPSA) is 35.2 Å². The number of nitrogens with two attached hydrogens (primary N) is 1. The minimum Gasteiger partial charge on any atom is -0.377 e. The highest BCUT2D eigenvalue weighted by molar-refractivity contribution is 4.77. The maximum atomic E-state index is 6.22. The van der Waals surface area contributed by atoms with E-state index in [1.807, 2.05) is 0 Å². The Morgan fingerprint density at radius 3 is 2.40 bits per heavy atom. The summed E-state index contributed by atoms with van der Waals surface area (Å²) < 4.78 is 5.67. The molecule has 0 spiro atoms. The molecule has 0 amide bonds. The van der Waals surface area contributed by atoms with E-state index in [-0.39, 0.29) is 12.1 Å². The van der Waals surface area contributed by atoms with Gasteiger partial charge in [0, 0.05) is 12.6 Å². The Kier molecular flexibility index (Phi) is 6.26. The van der Waals surface area contributed by atoms with Gasteiger partial charge in [-0.15, -0.1) is 0 Å². The molecule has 0 bridgehead atoms. The highest BCUT2D eigenvalue weighted by Gasteiger charge is 2.22. The fourth-order valence-corrected chi connectivity index (χ4v) is 2.72. The quantitative estimate of drug-likeness (QED) is 0.736. The zero-order valence-corrected chi connectivity index (χ0v) is 10.4. The van der Waals surface area contributed by atoms with E-state index in [4.69, 9.17) is 10.5 Å². The molecule has 2 unspecified atom stereocenters. The van der Waals surface area contributed by atoms with Crippen LogP contribution in [0.2, 0.25) is 0 Å². The van der Waals surface area contributed by atoms with Gasteiger partial charge in [-0.25, -0.2) is 0 Å². The zero-order chi connectivity index (χ0) is 11.1. The third-order valence-corrected chi connectivity index (χ3v) is 3.59. The molecule has 0 radical (unpaired) electrons. The van der Waals surface area contributed by atoms with Gasteiger partial charge in [0.25, 0.3) is 0 Å². The lowest BCUT2D eigenvalue weighted by molar-refractivity contribution is 0.0341. The fourth-order valence-electron chi connectivity index (χ4n) is 2.72. The second-order valence-corrected chi connectivity index (χ2v) is 4.81. The van der Waals surface area contributed by atoms with Crippen LogP contribution in [0.15, 0.2) is 0 Å². The van der Waals surface area contributed by atoms with Crippen molar-refractivity contribution in [1.29, 1.82) is 0 Å². The zero-order valence-electron chi connectivity index (χ0n) is 10.4. The number of hydrogen-bond acceptors (Lipinski definition) is 2. The molecule has 0 aromatic heterocycles. The van der Waals surface area contributed by atoms with Crippen LogP contribution in [0.5, 0.6) is 0 Å². The summed E-state index contributed by atoms with van der Waals surface area (Å²) in [6, 6.07) is 0.248. The Morgan fingerprint density at radius 1 is 1.20 bits per heavy atom. The SMILES string of the molecule is CCOC(CC)C(N)CC1CCCCC1. The largest absolute Gasteiger partial charge is 0.377 e. The normalized spacial score (nSPS) is 22.6. The molecule has 0 aromatic carbocycles. The van der Waals surface area contributed by atoms with Crippen LogP contribution in [0, 0.1) is 5.92 Å². The predicted molar refractivity (Wildman–Crippen MR) is 64.9 cm³/mol. The first-order chi connectivity index (χ1) is 7.27. The Bertz CT molecular complexity index is 155. The lowest BCUT2D eigenvalue weighted by Gasteiger charge is -2.28. The lowest BCUT2D eigenvalue weighted by atomic mass is 9.83. The molecule has 0 heterocycles. The number of ether oxygens (including phenoxy) is 1. The van der Waals surface area contributed by atoms with Crippen LogP contribution in [0.1, 0.15) is 58.8 Å². The predicted octanol–water partition coefficient (Wildman–Crippen LogP) is 3.10. The van der Waals surface area contributed by atoms with E-state index in [1.165, 1.54) is 38.5 Å². The fraction of sp³-hybridized carbons (Fsp3) is 1.00. The highest BCUT2D eigenvalue weighted by atomic mass is 16.5.